The summed E-state index contributed by atoms with van der Waals surface area (Å²) < 4.78 is 15.4. The van der Waals surface area contributed by atoms with Crippen LogP contribution in [0.3, 0.4) is 0 Å². The van der Waals surface area contributed by atoms with Gasteiger partial charge in [-0.1, -0.05) is 58.4 Å². The molecule has 4 aromatic rings. The third-order valence-corrected chi connectivity index (χ3v) is 9.00. The van der Waals surface area contributed by atoms with E-state index in [4.69, 9.17) is 9.47 Å². The molecule has 202 valence electrons. The largest absolute Gasteiger partial charge is 0.495 e. The number of nitrogens with one attached hydrogen (secondary N) is 1. The van der Waals surface area contributed by atoms with Crippen LogP contribution in [0.2, 0.25) is 0 Å². The van der Waals surface area contributed by atoms with Crippen molar-refractivity contribution in [2.24, 2.45) is 18.9 Å². The molecule has 0 amide bonds. The molecule has 1 saturated carbocycles. The molecule has 3 N–H and O–H groups in total. The van der Waals surface area contributed by atoms with Gasteiger partial charge in [-0.25, -0.2) is 0 Å². The normalized spacial score (nSPS) is 27.2. The summed E-state index contributed by atoms with van der Waals surface area (Å²) in [5.41, 5.74) is 0.563. The van der Waals surface area contributed by atoms with Crippen molar-refractivity contribution in [3.05, 3.63) is 106 Å². The van der Waals surface area contributed by atoms with Gasteiger partial charge in [0.1, 0.15) is 17.1 Å². The Hall–Kier alpha value is -3.24. The molecule has 0 unspecified atom stereocenters. The molecular weight excluding hydrogens is 560 g/mol. The summed E-state index contributed by atoms with van der Waals surface area (Å²) in [6.07, 6.45) is 5.02. The summed E-state index contributed by atoms with van der Waals surface area (Å²) in [7, 11) is 3.47. The second-order valence-electron chi connectivity index (χ2n) is 10.2. The number of methoxy groups -OCH3 is 1. The van der Waals surface area contributed by atoms with E-state index in [0.29, 0.717) is 30.2 Å². The van der Waals surface area contributed by atoms with E-state index in [9.17, 15) is 10.2 Å². The molecule has 0 saturated heterocycles. The summed E-state index contributed by atoms with van der Waals surface area (Å²) in [4.78, 5) is 4.35. The second-order valence-corrected chi connectivity index (χ2v) is 11.2. The summed E-state index contributed by atoms with van der Waals surface area (Å²) >= 11 is 3.55. The highest BCUT2D eigenvalue weighted by atomic mass is 79.9. The zero-order valence-corrected chi connectivity index (χ0v) is 23.4. The van der Waals surface area contributed by atoms with Gasteiger partial charge in [-0.15, -0.1) is 0 Å². The van der Waals surface area contributed by atoms with E-state index in [1.54, 1.807) is 25.7 Å². The summed E-state index contributed by atoms with van der Waals surface area (Å²) in [5, 5.41) is 32.1. The molecule has 1 aliphatic heterocycles. The van der Waals surface area contributed by atoms with Crippen LogP contribution in [0.25, 0.3) is 0 Å². The third-order valence-electron chi connectivity index (χ3n) is 8.47. The second kappa shape index (κ2) is 10.1. The first-order valence-electron chi connectivity index (χ1n) is 13.0. The molecule has 2 aromatic heterocycles. The molecule has 2 aromatic carbocycles. The van der Waals surface area contributed by atoms with Crippen molar-refractivity contribution in [3.8, 4) is 11.5 Å². The molecule has 6 rings (SSSR count). The average molecular weight is 592 g/mol. The van der Waals surface area contributed by atoms with Crippen LogP contribution in [-0.2, 0) is 24.8 Å². The fraction of sp³-hybridized carbons (Fsp3) is 0.333. The summed E-state index contributed by atoms with van der Waals surface area (Å²) in [6.45, 7) is 0.844. The molecule has 0 radical (unpaired) electrons. The number of ether oxygens (including phenoxy) is 2. The van der Waals surface area contributed by atoms with Gasteiger partial charge in [-0.05, 0) is 29.3 Å². The number of aliphatic hydroxyl groups is 2. The fourth-order valence-corrected chi connectivity index (χ4v) is 7.10. The van der Waals surface area contributed by atoms with Crippen LogP contribution in [0.4, 0.5) is 0 Å². The molecule has 9 heteroatoms. The zero-order chi connectivity index (χ0) is 27.2. The first-order chi connectivity index (χ1) is 19.0. The lowest BCUT2D eigenvalue weighted by Gasteiger charge is -2.42. The molecule has 3 heterocycles. The monoisotopic (exact) mass is 590 g/mol. The number of aliphatic hydroxyl groups excluding tert-OH is 1. The van der Waals surface area contributed by atoms with E-state index in [0.717, 1.165) is 21.3 Å². The Morgan fingerprint density at radius 3 is 2.54 bits per heavy atom. The third kappa shape index (κ3) is 3.82. The molecule has 0 bridgehead atoms. The first-order valence-corrected chi connectivity index (χ1v) is 13.8. The Morgan fingerprint density at radius 1 is 1.10 bits per heavy atom. The van der Waals surface area contributed by atoms with Crippen molar-refractivity contribution >= 4 is 15.9 Å². The SMILES string of the molecule is COc1cncc2c1[C@]1(O)[C@@H](CNCc3ccnn3C)[C@H](CO)[C@@H](c3ccccc3)[C@]1(c1ccc(Br)cc1)O2. The van der Waals surface area contributed by atoms with Crippen molar-refractivity contribution in [3.63, 3.8) is 0 Å². The average Bonchev–Trinajstić information content (AvgIpc) is 3.55. The molecule has 8 nitrogen and oxygen atoms in total. The number of hydrogen-bond donors (Lipinski definition) is 3. The van der Waals surface area contributed by atoms with Crippen molar-refractivity contribution in [2.75, 3.05) is 20.3 Å². The Bertz CT molecular complexity index is 1460. The van der Waals surface area contributed by atoms with E-state index in [1.807, 2.05) is 72.4 Å². The van der Waals surface area contributed by atoms with Gasteiger partial charge in [-0.3, -0.25) is 9.67 Å². The molecule has 1 fully saturated rings. The molecule has 0 spiro atoms. The van der Waals surface area contributed by atoms with Crippen molar-refractivity contribution < 1.29 is 19.7 Å². The number of fused-ring (bicyclic) bond motifs is 3. The van der Waals surface area contributed by atoms with Crippen LogP contribution in [0, 0.1) is 11.8 Å². The standard InChI is InChI=1S/C30H31BrN4O4/c1-35-22(12-13-34-35)14-32-15-24-23(18-36)27(19-6-4-3-5-7-19)30(20-8-10-21(31)11-9-20)29(24,37)28-25(38-2)16-33-17-26(28)39-30/h3-13,16-17,23-24,27,32,36-37H,14-15,18H2,1-2H3/t23-,24-,27+,29+,30-/m0/s1. The number of nitrogens with zero attached hydrogens (tertiary/aromatic N) is 3. The van der Waals surface area contributed by atoms with Gasteiger partial charge in [0.15, 0.2) is 5.60 Å². The lowest BCUT2D eigenvalue weighted by molar-refractivity contribution is -0.128. The fourth-order valence-electron chi connectivity index (χ4n) is 6.83. The van der Waals surface area contributed by atoms with E-state index < -0.39 is 17.1 Å². The Kier molecular flexibility index (Phi) is 6.71. The van der Waals surface area contributed by atoms with Crippen LogP contribution >= 0.6 is 15.9 Å². The van der Waals surface area contributed by atoms with Crippen LogP contribution in [0.1, 0.15) is 28.3 Å². The highest BCUT2D eigenvalue weighted by molar-refractivity contribution is 9.10. The maximum absolute atomic E-state index is 13.3. The predicted molar refractivity (Wildman–Crippen MR) is 149 cm³/mol. The van der Waals surface area contributed by atoms with Gasteiger partial charge >= 0.3 is 0 Å². The van der Waals surface area contributed by atoms with E-state index >= 15 is 0 Å². The van der Waals surface area contributed by atoms with Gasteiger partial charge < -0.3 is 25.0 Å². The number of rotatable bonds is 8. The van der Waals surface area contributed by atoms with Crippen LogP contribution < -0.4 is 14.8 Å². The first kappa shape index (κ1) is 26.0. The smallest absolute Gasteiger partial charge is 0.174 e. The molecule has 39 heavy (non-hydrogen) atoms. The van der Waals surface area contributed by atoms with Crippen LogP contribution in [-0.4, -0.2) is 45.2 Å². The molecule has 5 atom stereocenters. The number of halogens is 1. The minimum absolute atomic E-state index is 0.135. The highest BCUT2D eigenvalue weighted by Gasteiger charge is 2.76. The zero-order valence-electron chi connectivity index (χ0n) is 21.8. The van der Waals surface area contributed by atoms with Gasteiger partial charge in [-0.2, -0.15) is 5.10 Å². The highest BCUT2D eigenvalue weighted by Crippen LogP contribution is 2.71. The minimum atomic E-state index is -1.56. The van der Waals surface area contributed by atoms with Crippen molar-refractivity contribution in [1.29, 1.82) is 0 Å². The minimum Gasteiger partial charge on any atom is -0.495 e. The topological polar surface area (TPSA) is 102 Å². The van der Waals surface area contributed by atoms with Gasteiger partial charge in [0.05, 0.1) is 30.8 Å². The Balaban J connectivity index is 1.57. The predicted octanol–water partition coefficient (Wildman–Crippen LogP) is 3.87. The number of pyridine rings is 1. The van der Waals surface area contributed by atoms with Gasteiger partial charge in [0.25, 0.3) is 0 Å². The van der Waals surface area contributed by atoms with Crippen molar-refractivity contribution in [2.45, 2.75) is 23.7 Å². The molecule has 1 aliphatic carbocycles. The van der Waals surface area contributed by atoms with E-state index in [-0.39, 0.29) is 18.4 Å². The number of aryl methyl sites for hydroxylation is 1. The van der Waals surface area contributed by atoms with Crippen LogP contribution in [0.5, 0.6) is 11.5 Å². The Labute approximate surface area is 235 Å². The van der Waals surface area contributed by atoms with E-state index in [2.05, 4.69) is 31.3 Å². The Morgan fingerprint density at radius 2 is 1.87 bits per heavy atom. The lowest BCUT2D eigenvalue weighted by Crippen LogP contribution is -2.52. The number of benzene rings is 2. The van der Waals surface area contributed by atoms with Gasteiger partial charge in [0, 0.05) is 55.2 Å². The number of aromatic nitrogens is 3. The quantitative estimate of drug-likeness (QED) is 0.286. The summed E-state index contributed by atoms with van der Waals surface area (Å²) in [5.74, 6) is -0.228. The maximum atomic E-state index is 13.3. The lowest BCUT2D eigenvalue weighted by atomic mass is 9.70. The molecule has 2 aliphatic rings. The summed E-state index contributed by atoms with van der Waals surface area (Å²) in [6, 6.07) is 19.9. The van der Waals surface area contributed by atoms with Gasteiger partial charge in [0.2, 0.25) is 0 Å². The number of hydrogen-bond acceptors (Lipinski definition) is 7. The van der Waals surface area contributed by atoms with Crippen molar-refractivity contribution in [1.82, 2.24) is 20.1 Å². The maximum Gasteiger partial charge on any atom is 0.174 e. The van der Waals surface area contributed by atoms with Crippen LogP contribution in [0.15, 0.2) is 83.7 Å². The molecular formula is C30H31BrN4O4. The van der Waals surface area contributed by atoms with E-state index in [1.165, 1.54) is 0 Å².